The van der Waals surface area contributed by atoms with Crippen molar-refractivity contribution in [1.29, 1.82) is 0 Å². The molecule has 3 rings (SSSR count). The van der Waals surface area contributed by atoms with E-state index in [0.29, 0.717) is 18.0 Å². The largest absolute Gasteiger partial charge is 0.496 e. The predicted octanol–water partition coefficient (Wildman–Crippen LogP) is 3.74. The van der Waals surface area contributed by atoms with Crippen LogP contribution in [0.5, 0.6) is 5.75 Å². The third-order valence-electron chi connectivity index (χ3n) is 6.31. The maximum absolute atomic E-state index is 12.5. The Bertz CT molecular complexity index is 881. The van der Waals surface area contributed by atoms with Crippen LogP contribution in [0.1, 0.15) is 48.5 Å². The summed E-state index contributed by atoms with van der Waals surface area (Å²) >= 11 is 0. The average Bonchev–Trinajstić information content (AvgIpc) is 2.74. The van der Waals surface area contributed by atoms with Crippen LogP contribution >= 0.6 is 0 Å². The number of carbonyl (C=O) groups excluding carboxylic acids is 2. The number of ether oxygens (including phenoxy) is 1. The van der Waals surface area contributed by atoms with E-state index in [2.05, 4.69) is 11.4 Å². The van der Waals surface area contributed by atoms with Crippen molar-refractivity contribution < 1.29 is 14.3 Å². The molecule has 2 aromatic rings. The van der Waals surface area contributed by atoms with Crippen LogP contribution in [-0.4, -0.2) is 31.9 Å². The summed E-state index contributed by atoms with van der Waals surface area (Å²) < 4.78 is 5.59. The van der Waals surface area contributed by atoms with E-state index in [0.717, 1.165) is 48.1 Å². The lowest BCUT2D eigenvalue weighted by Crippen LogP contribution is -2.45. The molecule has 0 unspecified atom stereocenters. The molecule has 0 heterocycles. The Labute approximate surface area is 172 Å². The monoisotopic (exact) mass is 394 g/mol. The van der Waals surface area contributed by atoms with E-state index in [1.165, 1.54) is 0 Å². The SMILES string of the molecule is CNC1CCC(Cc2cc(-c3ccc(C(C)=O)cc3)ccc2OC)(C(N)=O)CC1. The summed E-state index contributed by atoms with van der Waals surface area (Å²) in [7, 11) is 3.61. The van der Waals surface area contributed by atoms with Crippen LogP contribution in [0.2, 0.25) is 0 Å². The number of methoxy groups -OCH3 is 1. The van der Waals surface area contributed by atoms with Gasteiger partial charge in [0.05, 0.1) is 12.5 Å². The van der Waals surface area contributed by atoms with E-state index in [1.54, 1.807) is 14.0 Å². The minimum atomic E-state index is -0.544. The lowest BCUT2D eigenvalue weighted by Gasteiger charge is -2.38. The minimum Gasteiger partial charge on any atom is -0.496 e. The molecule has 1 fully saturated rings. The van der Waals surface area contributed by atoms with Crippen molar-refractivity contribution in [2.75, 3.05) is 14.2 Å². The van der Waals surface area contributed by atoms with Gasteiger partial charge in [-0.2, -0.15) is 0 Å². The molecule has 1 amide bonds. The number of carbonyl (C=O) groups is 2. The fourth-order valence-corrected chi connectivity index (χ4v) is 4.33. The Balaban J connectivity index is 1.92. The highest BCUT2D eigenvalue weighted by molar-refractivity contribution is 5.94. The number of benzene rings is 2. The molecule has 0 spiro atoms. The van der Waals surface area contributed by atoms with Gasteiger partial charge in [-0.15, -0.1) is 0 Å². The molecule has 0 bridgehead atoms. The van der Waals surface area contributed by atoms with Crippen molar-refractivity contribution in [3.8, 4) is 16.9 Å². The van der Waals surface area contributed by atoms with Crippen LogP contribution in [0.4, 0.5) is 0 Å². The lowest BCUT2D eigenvalue weighted by molar-refractivity contribution is -0.129. The first-order valence-corrected chi connectivity index (χ1v) is 10.1. The number of rotatable bonds is 7. The van der Waals surface area contributed by atoms with Crippen LogP contribution < -0.4 is 15.8 Å². The third-order valence-corrected chi connectivity index (χ3v) is 6.31. The van der Waals surface area contributed by atoms with Crippen LogP contribution in [-0.2, 0) is 11.2 Å². The smallest absolute Gasteiger partial charge is 0.223 e. The predicted molar refractivity (Wildman–Crippen MR) is 115 cm³/mol. The molecule has 0 aliphatic heterocycles. The van der Waals surface area contributed by atoms with Gasteiger partial charge in [-0.05, 0) is 74.9 Å². The van der Waals surface area contributed by atoms with E-state index >= 15 is 0 Å². The van der Waals surface area contributed by atoms with Crippen molar-refractivity contribution in [3.63, 3.8) is 0 Å². The van der Waals surface area contributed by atoms with Crippen molar-refractivity contribution in [3.05, 3.63) is 53.6 Å². The standard InChI is InChI=1S/C24H30N2O3/c1-16(27)17-4-6-18(7-5-17)19-8-9-22(29-3)20(14-19)15-24(23(25)28)12-10-21(26-2)11-13-24/h4-9,14,21,26H,10-13,15H2,1-3H3,(H2,25,28). The Morgan fingerprint density at radius 3 is 2.24 bits per heavy atom. The van der Waals surface area contributed by atoms with Crippen LogP contribution in [0.25, 0.3) is 11.1 Å². The van der Waals surface area contributed by atoms with E-state index in [9.17, 15) is 9.59 Å². The lowest BCUT2D eigenvalue weighted by atomic mass is 9.68. The molecular formula is C24H30N2O3. The fourth-order valence-electron chi connectivity index (χ4n) is 4.33. The molecule has 3 N–H and O–H groups in total. The van der Waals surface area contributed by atoms with Gasteiger partial charge in [-0.3, -0.25) is 9.59 Å². The zero-order valence-electron chi connectivity index (χ0n) is 17.5. The van der Waals surface area contributed by atoms with Gasteiger partial charge < -0.3 is 15.8 Å². The van der Waals surface area contributed by atoms with Gasteiger partial charge in [-0.1, -0.05) is 30.3 Å². The first-order valence-electron chi connectivity index (χ1n) is 10.1. The van der Waals surface area contributed by atoms with Crippen LogP contribution in [0.15, 0.2) is 42.5 Å². The number of nitrogens with one attached hydrogen (secondary N) is 1. The van der Waals surface area contributed by atoms with Crippen molar-refractivity contribution in [2.45, 2.75) is 45.1 Å². The maximum atomic E-state index is 12.5. The van der Waals surface area contributed by atoms with Gasteiger partial charge in [-0.25, -0.2) is 0 Å². The number of amides is 1. The molecule has 154 valence electrons. The summed E-state index contributed by atoms with van der Waals surface area (Å²) in [4.78, 5) is 24.0. The number of Topliss-reactive ketones (excluding diaryl/α,β-unsaturated/α-hetero) is 1. The van der Waals surface area contributed by atoms with E-state index in [-0.39, 0.29) is 11.7 Å². The molecule has 1 aliphatic rings. The summed E-state index contributed by atoms with van der Waals surface area (Å²) in [6, 6.07) is 14.0. The average molecular weight is 395 g/mol. The second-order valence-corrected chi connectivity index (χ2v) is 8.04. The summed E-state index contributed by atoms with van der Waals surface area (Å²) in [6.07, 6.45) is 3.99. The highest BCUT2D eigenvalue weighted by atomic mass is 16.5. The quantitative estimate of drug-likeness (QED) is 0.701. The minimum absolute atomic E-state index is 0.0486. The third kappa shape index (κ3) is 4.51. The van der Waals surface area contributed by atoms with Gasteiger partial charge in [0.15, 0.2) is 5.78 Å². The first kappa shape index (κ1) is 21.1. The highest BCUT2D eigenvalue weighted by Gasteiger charge is 2.40. The number of hydrogen-bond donors (Lipinski definition) is 2. The maximum Gasteiger partial charge on any atom is 0.223 e. The van der Waals surface area contributed by atoms with Crippen LogP contribution in [0, 0.1) is 5.41 Å². The fraction of sp³-hybridized carbons (Fsp3) is 0.417. The van der Waals surface area contributed by atoms with Gasteiger partial charge in [0, 0.05) is 11.6 Å². The van der Waals surface area contributed by atoms with E-state index < -0.39 is 5.41 Å². The van der Waals surface area contributed by atoms with E-state index in [4.69, 9.17) is 10.5 Å². The molecule has 0 atom stereocenters. The summed E-state index contributed by atoms with van der Waals surface area (Å²) in [6.45, 7) is 1.56. The second kappa shape index (κ2) is 8.78. The molecule has 1 aliphatic carbocycles. The van der Waals surface area contributed by atoms with Gasteiger partial charge in [0.1, 0.15) is 5.75 Å². The van der Waals surface area contributed by atoms with E-state index in [1.807, 2.05) is 43.4 Å². The Morgan fingerprint density at radius 1 is 1.10 bits per heavy atom. The summed E-state index contributed by atoms with van der Waals surface area (Å²) in [5.74, 6) is 0.586. The number of hydrogen-bond acceptors (Lipinski definition) is 4. The zero-order valence-corrected chi connectivity index (χ0v) is 17.5. The Hall–Kier alpha value is -2.66. The molecule has 5 heteroatoms. The molecule has 1 saturated carbocycles. The molecular weight excluding hydrogens is 364 g/mol. The second-order valence-electron chi connectivity index (χ2n) is 8.04. The molecule has 29 heavy (non-hydrogen) atoms. The first-order chi connectivity index (χ1) is 13.9. The molecule has 5 nitrogen and oxygen atoms in total. The van der Waals surface area contributed by atoms with Gasteiger partial charge in [0.25, 0.3) is 0 Å². The van der Waals surface area contributed by atoms with Gasteiger partial charge in [0.2, 0.25) is 5.91 Å². The molecule has 0 saturated heterocycles. The Morgan fingerprint density at radius 2 is 1.72 bits per heavy atom. The summed E-state index contributed by atoms with van der Waals surface area (Å²) in [5.41, 5.74) is 9.07. The van der Waals surface area contributed by atoms with Crippen molar-refractivity contribution in [2.24, 2.45) is 11.1 Å². The zero-order chi connectivity index (χ0) is 21.0. The number of nitrogens with two attached hydrogens (primary N) is 1. The number of ketones is 1. The summed E-state index contributed by atoms with van der Waals surface area (Å²) in [5, 5.41) is 3.31. The Kier molecular flexibility index (Phi) is 6.38. The number of primary amides is 1. The normalized spacial score (nSPS) is 21.6. The molecule has 0 radical (unpaired) electrons. The van der Waals surface area contributed by atoms with Crippen molar-refractivity contribution in [1.82, 2.24) is 5.32 Å². The molecule has 2 aromatic carbocycles. The topological polar surface area (TPSA) is 81.4 Å². The molecule has 0 aromatic heterocycles. The highest BCUT2D eigenvalue weighted by Crippen LogP contribution is 2.41. The van der Waals surface area contributed by atoms with Crippen LogP contribution in [0.3, 0.4) is 0 Å². The van der Waals surface area contributed by atoms with Crippen molar-refractivity contribution >= 4 is 11.7 Å². The van der Waals surface area contributed by atoms with Gasteiger partial charge >= 0.3 is 0 Å².